The van der Waals surface area contributed by atoms with Gasteiger partial charge in [0.25, 0.3) is 5.91 Å². The van der Waals surface area contributed by atoms with Gasteiger partial charge in [0, 0.05) is 17.0 Å². The largest absolute Gasteiger partial charge is 0.348 e. The molecule has 1 atom stereocenters. The first-order valence-corrected chi connectivity index (χ1v) is 11.7. The summed E-state index contributed by atoms with van der Waals surface area (Å²) in [4.78, 5) is 23.0. The average molecular weight is 412 g/mol. The van der Waals surface area contributed by atoms with Crippen LogP contribution in [-0.2, 0) is 0 Å². The second-order valence-corrected chi connectivity index (χ2v) is 10.3. The summed E-state index contributed by atoms with van der Waals surface area (Å²) in [5, 5.41) is 4.21. The zero-order valence-corrected chi connectivity index (χ0v) is 18.1. The zero-order chi connectivity index (χ0) is 21.0. The summed E-state index contributed by atoms with van der Waals surface area (Å²) in [6.07, 6.45) is 8.07. The topological polar surface area (TPSA) is 54.9 Å². The van der Waals surface area contributed by atoms with Crippen LogP contribution in [-0.4, -0.2) is 21.9 Å². The maximum atomic E-state index is 13.5. The first-order valence-electron chi connectivity index (χ1n) is 11.7. The molecule has 4 aliphatic carbocycles. The molecule has 7 rings (SSSR count). The number of rotatable bonds is 4. The minimum Gasteiger partial charge on any atom is -0.348 e. The van der Waals surface area contributed by atoms with Crippen LogP contribution >= 0.6 is 0 Å². The fourth-order valence-corrected chi connectivity index (χ4v) is 7.09. The van der Waals surface area contributed by atoms with E-state index < -0.39 is 0 Å². The molecule has 2 aromatic carbocycles. The summed E-state index contributed by atoms with van der Waals surface area (Å²) >= 11 is 0. The second kappa shape index (κ2) is 7.15. The number of hydrogen-bond donors (Lipinski definition) is 1. The summed E-state index contributed by atoms with van der Waals surface area (Å²) in [5.41, 5.74) is 2.50. The van der Waals surface area contributed by atoms with E-state index in [1.54, 1.807) is 0 Å². The van der Waals surface area contributed by atoms with E-state index in [4.69, 9.17) is 9.97 Å². The van der Waals surface area contributed by atoms with Crippen molar-refractivity contribution in [3.05, 3.63) is 60.3 Å². The van der Waals surface area contributed by atoms with Crippen molar-refractivity contribution in [1.29, 1.82) is 0 Å². The number of para-hydroxylation sites is 1. The molecule has 0 aliphatic heterocycles. The van der Waals surface area contributed by atoms with Crippen molar-refractivity contribution in [3.63, 3.8) is 0 Å². The van der Waals surface area contributed by atoms with Gasteiger partial charge in [-0.05, 0) is 74.7 Å². The standard InChI is InChI=1S/C27H29N3O/c1-17(27-14-18-11-19(15-27)13-20(12-18)16-27)28-26(31)24-22-9-5-6-10-23(22)29-25(30-24)21-7-3-2-4-8-21/h2-10,17-20H,11-16H2,1H3,(H,28,31). The average Bonchev–Trinajstić information content (AvgIpc) is 2.78. The lowest BCUT2D eigenvalue weighted by molar-refractivity contribution is -0.0688. The number of nitrogens with zero attached hydrogens (tertiary/aromatic N) is 2. The molecule has 4 aliphatic rings. The highest BCUT2D eigenvalue weighted by atomic mass is 16.2. The van der Waals surface area contributed by atoms with E-state index in [-0.39, 0.29) is 17.4 Å². The zero-order valence-electron chi connectivity index (χ0n) is 18.1. The molecule has 3 aromatic rings. The number of carbonyl (C=O) groups is 1. The van der Waals surface area contributed by atoms with Gasteiger partial charge >= 0.3 is 0 Å². The van der Waals surface area contributed by atoms with Crippen molar-refractivity contribution < 1.29 is 4.79 Å². The Hall–Kier alpha value is -2.75. The van der Waals surface area contributed by atoms with Gasteiger partial charge in [0.05, 0.1) is 5.52 Å². The predicted octanol–water partition coefficient (Wildman–Crippen LogP) is 5.63. The molecule has 1 heterocycles. The fraction of sp³-hybridized carbons (Fsp3) is 0.444. The summed E-state index contributed by atoms with van der Waals surface area (Å²) in [6, 6.07) is 17.9. The predicted molar refractivity (Wildman–Crippen MR) is 123 cm³/mol. The summed E-state index contributed by atoms with van der Waals surface area (Å²) in [7, 11) is 0. The van der Waals surface area contributed by atoms with Crippen molar-refractivity contribution in [2.24, 2.45) is 23.2 Å². The van der Waals surface area contributed by atoms with Gasteiger partial charge in [-0.25, -0.2) is 9.97 Å². The molecule has 0 saturated heterocycles. The molecule has 4 saturated carbocycles. The number of hydrogen-bond acceptors (Lipinski definition) is 3. The maximum Gasteiger partial charge on any atom is 0.270 e. The van der Waals surface area contributed by atoms with Crippen LogP contribution < -0.4 is 5.32 Å². The third-order valence-corrected chi connectivity index (χ3v) is 8.20. The van der Waals surface area contributed by atoms with E-state index in [2.05, 4.69) is 12.2 Å². The lowest BCUT2D eigenvalue weighted by atomic mass is 9.48. The number of benzene rings is 2. The van der Waals surface area contributed by atoms with Gasteiger partial charge in [-0.15, -0.1) is 0 Å². The molecule has 1 aromatic heterocycles. The van der Waals surface area contributed by atoms with Gasteiger partial charge in [0.2, 0.25) is 0 Å². The molecule has 0 radical (unpaired) electrons. The molecular formula is C27H29N3O. The van der Waals surface area contributed by atoms with Crippen molar-refractivity contribution in [3.8, 4) is 11.4 Å². The van der Waals surface area contributed by atoms with Crippen molar-refractivity contribution >= 4 is 16.8 Å². The Labute approximate surface area is 183 Å². The Morgan fingerprint density at radius 3 is 2.19 bits per heavy atom. The molecule has 4 bridgehead atoms. The van der Waals surface area contributed by atoms with E-state index in [0.717, 1.165) is 34.2 Å². The first kappa shape index (κ1) is 19.0. The van der Waals surface area contributed by atoms with Crippen LogP contribution in [0.25, 0.3) is 22.3 Å². The van der Waals surface area contributed by atoms with Crippen LogP contribution in [0.2, 0.25) is 0 Å². The second-order valence-electron chi connectivity index (χ2n) is 10.3. The summed E-state index contributed by atoms with van der Waals surface area (Å²) in [5.74, 6) is 3.14. The number of nitrogens with one attached hydrogen (secondary N) is 1. The molecule has 1 unspecified atom stereocenters. The minimum absolute atomic E-state index is 0.0703. The minimum atomic E-state index is -0.0703. The smallest absolute Gasteiger partial charge is 0.270 e. The highest BCUT2D eigenvalue weighted by Crippen LogP contribution is 2.61. The van der Waals surface area contributed by atoms with Crippen molar-refractivity contribution in [2.75, 3.05) is 0 Å². The molecule has 1 N–H and O–H groups in total. The molecular weight excluding hydrogens is 382 g/mol. The van der Waals surface area contributed by atoms with Gasteiger partial charge in [0.1, 0.15) is 5.69 Å². The van der Waals surface area contributed by atoms with Gasteiger partial charge in [-0.2, -0.15) is 0 Å². The summed E-state index contributed by atoms with van der Waals surface area (Å²) < 4.78 is 0. The SMILES string of the molecule is CC(NC(=O)c1nc(-c2ccccc2)nc2ccccc12)C12CC3CC(CC(C3)C1)C2. The van der Waals surface area contributed by atoms with E-state index in [1.165, 1.54) is 38.5 Å². The van der Waals surface area contributed by atoms with Crippen molar-refractivity contribution in [2.45, 2.75) is 51.5 Å². The molecule has 4 nitrogen and oxygen atoms in total. The van der Waals surface area contributed by atoms with Crippen LogP contribution in [0.15, 0.2) is 54.6 Å². The third-order valence-electron chi connectivity index (χ3n) is 8.20. The molecule has 4 fully saturated rings. The van der Waals surface area contributed by atoms with Crippen LogP contribution in [0.4, 0.5) is 0 Å². The lowest BCUT2D eigenvalue weighted by Crippen LogP contribution is -2.55. The Bertz CT molecular complexity index is 1100. The monoisotopic (exact) mass is 411 g/mol. The number of fused-ring (bicyclic) bond motifs is 1. The highest BCUT2D eigenvalue weighted by molar-refractivity contribution is 6.05. The lowest BCUT2D eigenvalue weighted by Gasteiger charge is -2.59. The Balaban J connectivity index is 1.34. The third kappa shape index (κ3) is 3.24. The van der Waals surface area contributed by atoms with Crippen molar-refractivity contribution in [1.82, 2.24) is 15.3 Å². The quantitative estimate of drug-likeness (QED) is 0.605. The Morgan fingerprint density at radius 1 is 0.903 bits per heavy atom. The molecule has 4 heteroatoms. The van der Waals surface area contributed by atoms with E-state index >= 15 is 0 Å². The number of carbonyl (C=O) groups excluding carboxylic acids is 1. The van der Waals surface area contributed by atoms with Gasteiger partial charge in [-0.1, -0.05) is 48.5 Å². The van der Waals surface area contributed by atoms with E-state index in [0.29, 0.717) is 11.5 Å². The number of amides is 1. The van der Waals surface area contributed by atoms with Crippen LogP contribution in [0.3, 0.4) is 0 Å². The fourth-order valence-electron chi connectivity index (χ4n) is 7.09. The normalized spacial score (nSPS) is 29.8. The van der Waals surface area contributed by atoms with Gasteiger partial charge < -0.3 is 5.32 Å². The number of aromatic nitrogens is 2. The Morgan fingerprint density at radius 2 is 1.52 bits per heavy atom. The van der Waals surface area contributed by atoms with Crippen LogP contribution in [0.1, 0.15) is 55.9 Å². The Kier molecular flexibility index (Phi) is 4.38. The molecule has 1 amide bonds. The van der Waals surface area contributed by atoms with E-state index in [1.807, 2.05) is 54.6 Å². The highest BCUT2D eigenvalue weighted by Gasteiger charge is 2.53. The first-order chi connectivity index (χ1) is 15.1. The summed E-state index contributed by atoms with van der Waals surface area (Å²) in [6.45, 7) is 2.23. The van der Waals surface area contributed by atoms with E-state index in [9.17, 15) is 4.79 Å². The van der Waals surface area contributed by atoms with Crippen LogP contribution in [0.5, 0.6) is 0 Å². The maximum absolute atomic E-state index is 13.5. The van der Waals surface area contributed by atoms with Gasteiger partial charge in [0.15, 0.2) is 5.82 Å². The van der Waals surface area contributed by atoms with Gasteiger partial charge in [-0.3, -0.25) is 4.79 Å². The molecule has 158 valence electrons. The molecule has 0 spiro atoms. The molecule has 31 heavy (non-hydrogen) atoms. The van der Waals surface area contributed by atoms with Crippen LogP contribution in [0, 0.1) is 23.2 Å².